The molecule has 0 bridgehead atoms. The number of thioether (sulfide) groups is 1. The van der Waals surface area contributed by atoms with E-state index in [1.165, 1.54) is 0 Å². The van der Waals surface area contributed by atoms with Crippen molar-refractivity contribution in [1.82, 2.24) is 4.98 Å². The predicted octanol–water partition coefficient (Wildman–Crippen LogP) is 2.64. The van der Waals surface area contributed by atoms with Gasteiger partial charge in [0.2, 0.25) is 0 Å². The first-order chi connectivity index (χ1) is 7.67. The fourth-order valence-electron chi connectivity index (χ4n) is 1.60. The summed E-state index contributed by atoms with van der Waals surface area (Å²) in [6.07, 6.45) is 2.00. The Morgan fingerprint density at radius 1 is 1.50 bits per heavy atom. The normalized spacial score (nSPS) is 10.9. The number of aromatic nitrogens is 2. The fourth-order valence-corrected chi connectivity index (χ4v) is 2.21. The molecule has 0 unspecified atom stereocenters. The molecule has 0 saturated heterocycles. The Hall–Kier alpha value is -1.00. The van der Waals surface area contributed by atoms with Gasteiger partial charge in [0, 0.05) is 4.90 Å². The van der Waals surface area contributed by atoms with Gasteiger partial charge < -0.3 is 5.21 Å². The van der Waals surface area contributed by atoms with Crippen molar-refractivity contribution >= 4 is 34.3 Å². The molecular weight excluding hydrogens is 244 g/mol. The van der Waals surface area contributed by atoms with Crippen molar-refractivity contribution in [2.24, 2.45) is 0 Å². The summed E-state index contributed by atoms with van der Waals surface area (Å²) in [6, 6.07) is 5.89. The molecule has 3 nitrogen and oxygen atoms in total. The molecule has 0 radical (unpaired) electrons. The van der Waals surface area contributed by atoms with Gasteiger partial charge in [-0.05, 0) is 36.4 Å². The van der Waals surface area contributed by atoms with E-state index in [0.29, 0.717) is 11.5 Å². The molecule has 5 heteroatoms. The number of rotatable bonds is 2. The minimum Gasteiger partial charge on any atom is -0.711 e. The van der Waals surface area contributed by atoms with E-state index < -0.39 is 0 Å². The largest absolute Gasteiger partial charge is 0.711 e. The van der Waals surface area contributed by atoms with Crippen molar-refractivity contribution in [1.29, 1.82) is 0 Å². The average molecular weight is 255 g/mol. The molecule has 84 valence electrons. The third-order valence-electron chi connectivity index (χ3n) is 2.50. The summed E-state index contributed by atoms with van der Waals surface area (Å²) in [7, 11) is 0. The zero-order valence-corrected chi connectivity index (χ0v) is 10.6. The number of hydrogen-bond acceptors (Lipinski definition) is 3. The number of halogens is 1. The topological polar surface area (TPSA) is 39.8 Å². The standard InChI is InChI=1S/C11H11ClN2OS/c1-7-9-5-8(16-2)3-4-10(9)13-11(6-12)14(7)15/h3-5H,6H2,1-2H3. The lowest BCUT2D eigenvalue weighted by molar-refractivity contribution is -0.621. The fraction of sp³-hybridized carbons (Fsp3) is 0.273. The van der Waals surface area contributed by atoms with E-state index >= 15 is 0 Å². The van der Waals surface area contributed by atoms with Gasteiger partial charge in [-0.2, -0.15) is 0 Å². The van der Waals surface area contributed by atoms with Crippen LogP contribution in [-0.4, -0.2) is 11.2 Å². The second-order valence-electron chi connectivity index (χ2n) is 3.42. The minimum absolute atomic E-state index is 0.130. The number of nitrogens with zero attached hydrogens (tertiary/aromatic N) is 2. The molecular formula is C11H11ClN2OS. The van der Waals surface area contributed by atoms with Gasteiger partial charge in [-0.15, -0.1) is 23.4 Å². The number of hydrogen-bond donors (Lipinski definition) is 0. The van der Waals surface area contributed by atoms with Crippen LogP contribution in [0.25, 0.3) is 10.9 Å². The molecule has 1 heterocycles. The highest BCUT2D eigenvalue weighted by Gasteiger charge is 2.14. The molecule has 0 N–H and O–H groups in total. The van der Waals surface area contributed by atoms with Gasteiger partial charge in [-0.1, -0.05) is 0 Å². The molecule has 2 rings (SSSR count). The first kappa shape index (κ1) is 11.5. The first-order valence-corrected chi connectivity index (χ1v) is 6.56. The lowest BCUT2D eigenvalue weighted by atomic mass is 10.2. The minimum atomic E-state index is 0.130. The Morgan fingerprint density at radius 2 is 2.25 bits per heavy atom. The van der Waals surface area contributed by atoms with Gasteiger partial charge in [0.05, 0.1) is 5.39 Å². The summed E-state index contributed by atoms with van der Waals surface area (Å²) in [5.74, 6) is 0.480. The summed E-state index contributed by atoms with van der Waals surface area (Å²) in [5, 5.41) is 12.7. The van der Waals surface area contributed by atoms with E-state index in [9.17, 15) is 5.21 Å². The van der Waals surface area contributed by atoms with Gasteiger partial charge >= 0.3 is 5.82 Å². The van der Waals surface area contributed by atoms with Crippen molar-refractivity contribution in [3.8, 4) is 0 Å². The lowest BCUT2D eigenvalue weighted by Crippen LogP contribution is -2.36. The second kappa shape index (κ2) is 4.47. The monoisotopic (exact) mass is 254 g/mol. The Morgan fingerprint density at radius 3 is 2.88 bits per heavy atom. The molecule has 16 heavy (non-hydrogen) atoms. The van der Waals surface area contributed by atoms with E-state index in [4.69, 9.17) is 11.6 Å². The van der Waals surface area contributed by atoms with E-state index in [-0.39, 0.29) is 5.88 Å². The molecule has 0 fully saturated rings. The molecule has 0 atom stereocenters. The van der Waals surface area contributed by atoms with Crippen LogP contribution in [0, 0.1) is 12.1 Å². The van der Waals surface area contributed by atoms with Crippen LogP contribution in [0.1, 0.15) is 11.5 Å². The quantitative estimate of drug-likeness (QED) is 0.358. The molecule has 2 aromatic rings. The smallest absolute Gasteiger partial charge is 0.317 e. The van der Waals surface area contributed by atoms with Crippen LogP contribution in [0.3, 0.4) is 0 Å². The maximum atomic E-state index is 11.8. The van der Waals surface area contributed by atoms with Crippen molar-refractivity contribution in [2.75, 3.05) is 6.26 Å². The number of alkyl halides is 1. The second-order valence-corrected chi connectivity index (χ2v) is 4.57. The van der Waals surface area contributed by atoms with E-state index in [1.807, 2.05) is 24.5 Å². The summed E-state index contributed by atoms with van der Waals surface area (Å²) in [6.45, 7) is 1.79. The van der Waals surface area contributed by atoms with Crippen molar-refractivity contribution in [3.05, 3.63) is 34.9 Å². The Bertz CT molecular complexity index is 545. The Kier molecular flexibility index (Phi) is 3.21. The van der Waals surface area contributed by atoms with E-state index in [1.54, 1.807) is 18.7 Å². The van der Waals surface area contributed by atoms with Crippen molar-refractivity contribution in [3.63, 3.8) is 0 Å². The molecule has 0 amide bonds. The van der Waals surface area contributed by atoms with Crippen LogP contribution < -0.4 is 4.73 Å². The highest BCUT2D eigenvalue weighted by molar-refractivity contribution is 7.98. The Labute approximate surface area is 103 Å². The summed E-state index contributed by atoms with van der Waals surface area (Å²) >= 11 is 7.32. The van der Waals surface area contributed by atoms with Crippen LogP contribution in [-0.2, 0) is 5.88 Å². The maximum Gasteiger partial charge on any atom is 0.317 e. The molecule has 0 aliphatic rings. The van der Waals surface area contributed by atoms with Crippen LogP contribution in [0.2, 0.25) is 0 Å². The lowest BCUT2D eigenvalue weighted by Gasteiger charge is -2.10. The van der Waals surface area contributed by atoms with Crippen LogP contribution in [0.5, 0.6) is 0 Å². The van der Waals surface area contributed by atoms with Crippen LogP contribution in [0.4, 0.5) is 0 Å². The van der Waals surface area contributed by atoms with Gasteiger partial charge in [-0.25, -0.2) is 4.73 Å². The molecule has 0 aliphatic heterocycles. The zero-order chi connectivity index (χ0) is 11.7. The molecule has 0 saturated carbocycles. The van der Waals surface area contributed by atoms with Crippen molar-refractivity contribution in [2.45, 2.75) is 17.7 Å². The SMILES string of the molecule is CSc1ccc2nc(CCl)[n+]([O-])c(C)c2c1. The third kappa shape index (κ3) is 1.83. The molecule has 0 aliphatic carbocycles. The van der Waals surface area contributed by atoms with E-state index in [0.717, 1.165) is 20.5 Å². The van der Waals surface area contributed by atoms with Gasteiger partial charge in [0.1, 0.15) is 11.6 Å². The average Bonchev–Trinajstić information content (AvgIpc) is 2.33. The van der Waals surface area contributed by atoms with Gasteiger partial charge in [0.25, 0.3) is 0 Å². The van der Waals surface area contributed by atoms with Gasteiger partial charge in [0.15, 0.2) is 5.52 Å². The highest BCUT2D eigenvalue weighted by Crippen LogP contribution is 2.22. The molecule has 0 spiro atoms. The molecule has 1 aromatic carbocycles. The van der Waals surface area contributed by atoms with Crippen molar-refractivity contribution < 1.29 is 4.73 Å². The highest BCUT2D eigenvalue weighted by atomic mass is 35.5. The number of aryl methyl sites for hydroxylation is 1. The zero-order valence-electron chi connectivity index (χ0n) is 9.03. The van der Waals surface area contributed by atoms with Gasteiger partial charge in [-0.3, -0.25) is 0 Å². The van der Waals surface area contributed by atoms with E-state index in [2.05, 4.69) is 4.98 Å². The molecule has 1 aromatic heterocycles. The summed E-state index contributed by atoms with van der Waals surface area (Å²) < 4.78 is 0.805. The Balaban J connectivity index is 2.77. The first-order valence-electron chi connectivity index (χ1n) is 4.80. The van der Waals surface area contributed by atoms with Crippen LogP contribution in [0.15, 0.2) is 23.1 Å². The number of fused-ring (bicyclic) bond motifs is 1. The van der Waals surface area contributed by atoms with Crippen LogP contribution >= 0.6 is 23.4 Å². The third-order valence-corrected chi connectivity index (χ3v) is 3.47. The maximum absolute atomic E-state index is 11.8. The summed E-state index contributed by atoms with van der Waals surface area (Å²) in [4.78, 5) is 5.36. The summed E-state index contributed by atoms with van der Waals surface area (Å²) in [5.41, 5.74) is 1.47. The predicted molar refractivity (Wildman–Crippen MR) is 66.8 cm³/mol. The number of benzene rings is 1.